The highest BCUT2D eigenvalue weighted by molar-refractivity contribution is 5.93. The van der Waals surface area contributed by atoms with Gasteiger partial charge in [0.25, 0.3) is 5.91 Å². The summed E-state index contributed by atoms with van der Waals surface area (Å²) in [6, 6.07) is 8.59. The van der Waals surface area contributed by atoms with Crippen LogP contribution in [0.4, 0.5) is 5.69 Å². The van der Waals surface area contributed by atoms with Crippen molar-refractivity contribution in [2.24, 2.45) is 0 Å². The Hall–Kier alpha value is -1.39. The van der Waals surface area contributed by atoms with Gasteiger partial charge in [0.15, 0.2) is 0 Å². The smallest absolute Gasteiger partial charge is 0.253 e. The molecule has 1 atom stereocenters. The Balaban J connectivity index is 1.91. The molecule has 1 amide bonds. The van der Waals surface area contributed by atoms with Crippen molar-refractivity contribution in [1.82, 2.24) is 5.32 Å². The summed E-state index contributed by atoms with van der Waals surface area (Å²) in [5.74, 6) is -0.121. The Morgan fingerprint density at radius 2 is 2.28 bits per heavy atom. The highest BCUT2D eigenvalue weighted by Crippen LogP contribution is 2.20. The van der Waals surface area contributed by atoms with E-state index in [0.29, 0.717) is 6.04 Å². The molecule has 2 rings (SSSR count). The van der Waals surface area contributed by atoms with Gasteiger partial charge in [-0.1, -0.05) is 12.1 Å². The molecular weight excluding hydrogens is 228 g/mol. The van der Waals surface area contributed by atoms with Gasteiger partial charge >= 0.3 is 0 Å². The standard InChI is InChI=1S/C14H20N2O2/c1-10(18-2)14(17)16-13-5-3-4-11(8-13)9-15-12-6-7-12/h3-5,8,10,12,15H,6-7,9H2,1-2H3,(H,16,17). The Kier molecular flexibility index (Phi) is 4.33. The minimum atomic E-state index is -0.432. The largest absolute Gasteiger partial charge is 0.372 e. The van der Waals surface area contributed by atoms with Gasteiger partial charge in [0.1, 0.15) is 6.10 Å². The van der Waals surface area contributed by atoms with Crippen LogP contribution in [0.25, 0.3) is 0 Å². The molecule has 0 aliphatic heterocycles. The zero-order valence-electron chi connectivity index (χ0n) is 10.9. The molecule has 1 unspecified atom stereocenters. The van der Waals surface area contributed by atoms with E-state index in [9.17, 15) is 4.79 Å². The minimum Gasteiger partial charge on any atom is -0.372 e. The number of nitrogens with one attached hydrogen (secondary N) is 2. The number of carbonyl (C=O) groups is 1. The lowest BCUT2D eigenvalue weighted by Gasteiger charge is -2.11. The predicted octanol–water partition coefficient (Wildman–Crippen LogP) is 1.91. The summed E-state index contributed by atoms with van der Waals surface area (Å²) in [5, 5.41) is 6.29. The third-order valence-corrected chi connectivity index (χ3v) is 3.09. The van der Waals surface area contributed by atoms with E-state index in [1.165, 1.54) is 25.5 Å². The van der Waals surface area contributed by atoms with Gasteiger partial charge in [-0.05, 0) is 37.5 Å². The highest BCUT2D eigenvalue weighted by Gasteiger charge is 2.20. The maximum Gasteiger partial charge on any atom is 0.253 e. The van der Waals surface area contributed by atoms with Gasteiger partial charge in [0.05, 0.1) is 0 Å². The van der Waals surface area contributed by atoms with E-state index < -0.39 is 6.10 Å². The molecule has 1 fully saturated rings. The predicted molar refractivity (Wildman–Crippen MR) is 71.4 cm³/mol. The summed E-state index contributed by atoms with van der Waals surface area (Å²) in [6.07, 6.45) is 2.13. The van der Waals surface area contributed by atoms with Gasteiger partial charge in [-0.15, -0.1) is 0 Å². The van der Waals surface area contributed by atoms with Crippen LogP contribution < -0.4 is 10.6 Å². The van der Waals surface area contributed by atoms with E-state index in [1.807, 2.05) is 18.2 Å². The van der Waals surface area contributed by atoms with Crippen LogP contribution in [0, 0.1) is 0 Å². The van der Waals surface area contributed by atoms with Crippen molar-refractivity contribution in [2.45, 2.75) is 38.5 Å². The Bertz CT molecular complexity index is 416. The van der Waals surface area contributed by atoms with Crippen molar-refractivity contribution in [3.05, 3.63) is 29.8 Å². The molecule has 0 aromatic heterocycles. The van der Waals surface area contributed by atoms with Crippen molar-refractivity contribution in [2.75, 3.05) is 12.4 Å². The highest BCUT2D eigenvalue weighted by atomic mass is 16.5. The topological polar surface area (TPSA) is 50.4 Å². The molecule has 4 nitrogen and oxygen atoms in total. The summed E-state index contributed by atoms with van der Waals surface area (Å²) in [4.78, 5) is 11.7. The van der Waals surface area contributed by atoms with Crippen molar-refractivity contribution in [3.8, 4) is 0 Å². The number of hydrogen-bond donors (Lipinski definition) is 2. The number of amides is 1. The molecule has 0 radical (unpaired) electrons. The first-order valence-electron chi connectivity index (χ1n) is 6.35. The summed E-state index contributed by atoms with van der Waals surface area (Å²) >= 11 is 0. The van der Waals surface area contributed by atoms with Crippen LogP contribution in [-0.2, 0) is 16.1 Å². The fourth-order valence-electron chi connectivity index (χ4n) is 1.66. The number of methoxy groups -OCH3 is 1. The maximum absolute atomic E-state index is 11.7. The number of ether oxygens (including phenoxy) is 1. The normalized spacial score (nSPS) is 16.3. The summed E-state index contributed by atoms with van der Waals surface area (Å²) < 4.78 is 4.98. The lowest BCUT2D eigenvalue weighted by atomic mass is 10.2. The second-order valence-electron chi connectivity index (χ2n) is 4.72. The SMILES string of the molecule is COC(C)C(=O)Nc1cccc(CNC2CC2)c1. The quantitative estimate of drug-likeness (QED) is 0.808. The fraction of sp³-hybridized carbons (Fsp3) is 0.500. The molecule has 1 aromatic rings. The molecule has 2 N–H and O–H groups in total. The number of anilines is 1. The second-order valence-corrected chi connectivity index (χ2v) is 4.72. The first-order chi connectivity index (χ1) is 8.69. The van der Waals surface area contributed by atoms with Crippen LogP contribution in [0.1, 0.15) is 25.3 Å². The molecule has 98 valence electrons. The Morgan fingerprint density at radius 3 is 2.94 bits per heavy atom. The Labute approximate surface area is 108 Å². The van der Waals surface area contributed by atoms with Crippen molar-refractivity contribution in [3.63, 3.8) is 0 Å². The van der Waals surface area contributed by atoms with Gasteiger partial charge in [-0.2, -0.15) is 0 Å². The molecule has 0 bridgehead atoms. The molecule has 0 heterocycles. The van der Waals surface area contributed by atoms with Crippen molar-refractivity contribution in [1.29, 1.82) is 0 Å². The van der Waals surface area contributed by atoms with E-state index in [0.717, 1.165) is 12.2 Å². The van der Waals surface area contributed by atoms with Crippen LogP contribution in [0.3, 0.4) is 0 Å². The lowest BCUT2D eigenvalue weighted by Crippen LogP contribution is -2.26. The number of rotatable bonds is 6. The van der Waals surface area contributed by atoms with Gasteiger partial charge in [0.2, 0.25) is 0 Å². The molecule has 0 spiro atoms. The Morgan fingerprint density at radius 1 is 1.50 bits per heavy atom. The van der Waals surface area contributed by atoms with E-state index >= 15 is 0 Å². The van der Waals surface area contributed by atoms with Crippen LogP contribution in [0.15, 0.2) is 24.3 Å². The molecule has 0 saturated heterocycles. The first kappa shape index (κ1) is 13.1. The summed E-state index contributed by atoms with van der Waals surface area (Å²) in [6.45, 7) is 2.59. The maximum atomic E-state index is 11.7. The zero-order chi connectivity index (χ0) is 13.0. The average Bonchev–Trinajstić information content (AvgIpc) is 3.20. The summed E-state index contributed by atoms with van der Waals surface area (Å²) in [5.41, 5.74) is 2.00. The number of hydrogen-bond acceptors (Lipinski definition) is 3. The molecule has 1 aliphatic rings. The lowest BCUT2D eigenvalue weighted by molar-refractivity contribution is -0.124. The molecule has 4 heteroatoms. The van der Waals surface area contributed by atoms with E-state index in [1.54, 1.807) is 6.92 Å². The van der Waals surface area contributed by atoms with Crippen LogP contribution in [0.2, 0.25) is 0 Å². The number of benzene rings is 1. The average molecular weight is 248 g/mol. The molecule has 1 aliphatic carbocycles. The fourth-order valence-corrected chi connectivity index (χ4v) is 1.66. The van der Waals surface area contributed by atoms with E-state index in [4.69, 9.17) is 4.74 Å². The molecule has 18 heavy (non-hydrogen) atoms. The van der Waals surface area contributed by atoms with Crippen LogP contribution >= 0.6 is 0 Å². The van der Waals surface area contributed by atoms with Gasteiger partial charge < -0.3 is 15.4 Å². The number of carbonyl (C=O) groups excluding carboxylic acids is 1. The van der Waals surface area contributed by atoms with Crippen LogP contribution in [-0.4, -0.2) is 25.2 Å². The monoisotopic (exact) mass is 248 g/mol. The van der Waals surface area contributed by atoms with Crippen molar-refractivity contribution >= 4 is 11.6 Å². The second kappa shape index (κ2) is 5.98. The molecular formula is C14H20N2O2. The third kappa shape index (κ3) is 3.82. The summed E-state index contributed by atoms with van der Waals surface area (Å²) in [7, 11) is 1.53. The van der Waals surface area contributed by atoms with Gasteiger partial charge in [-0.25, -0.2) is 0 Å². The van der Waals surface area contributed by atoms with Gasteiger partial charge in [-0.3, -0.25) is 4.79 Å². The third-order valence-electron chi connectivity index (χ3n) is 3.09. The van der Waals surface area contributed by atoms with E-state index in [2.05, 4.69) is 16.7 Å². The molecule has 1 saturated carbocycles. The minimum absolute atomic E-state index is 0.121. The van der Waals surface area contributed by atoms with E-state index in [-0.39, 0.29) is 5.91 Å². The molecule has 1 aromatic carbocycles. The zero-order valence-corrected chi connectivity index (χ0v) is 10.9. The first-order valence-corrected chi connectivity index (χ1v) is 6.35. The van der Waals surface area contributed by atoms with Gasteiger partial charge in [0, 0.05) is 25.4 Å². The van der Waals surface area contributed by atoms with Crippen LogP contribution in [0.5, 0.6) is 0 Å². The van der Waals surface area contributed by atoms with Crippen molar-refractivity contribution < 1.29 is 9.53 Å².